The van der Waals surface area contributed by atoms with Crippen LogP contribution in [0.15, 0.2) is 22.6 Å². The van der Waals surface area contributed by atoms with Crippen molar-refractivity contribution >= 4 is 39.8 Å². The molecule has 9 heteroatoms. The molecule has 1 atom stereocenters. The van der Waals surface area contributed by atoms with Crippen LogP contribution in [0.3, 0.4) is 0 Å². The number of urea groups is 1. The fourth-order valence-corrected chi connectivity index (χ4v) is 3.50. The maximum atomic E-state index is 11.7. The molecule has 0 saturated heterocycles. The first-order valence-electron chi connectivity index (χ1n) is 8.17. The number of hydrogen-bond donors (Lipinski definition) is 2. The van der Waals surface area contributed by atoms with E-state index < -0.39 is 11.1 Å². The van der Waals surface area contributed by atoms with Gasteiger partial charge in [0.25, 0.3) is 0 Å². The van der Waals surface area contributed by atoms with Gasteiger partial charge in [-0.3, -0.25) is 4.21 Å². The van der Waals surface area contributed by atoms with Crippen LogP contribution >= 0.6 is 11.6 Å². The Kier molecular flexibility index (Phi) is 5.93. The molecule has 2 aromatic rings. The highest BCUT2D eigenvalue weighted by molar-refractivity contribution is 7.79. The minimum atomic E-state index is -2.14. The number of carbonyl (C=O) groups excluding carboxylic acids is 1. The molecule has 0 aliphatic heterocycles. The van der Waals surface area contributed by atoms with Crippen LogP contribution in [-0.2, 0) is 11.1 Å². The summed E-state index contributed by atoms with van der Waals surface area (Å²) in [7, 11) is 0. The van der Waals surface area contributed by atoms with Gasteiger partial charge in [-0.1, -0.05) is 22.7 Å². The number of nitrogens with one attached hydrogen (secondary N) is 2. The highest BCUT2D eigenvalue weighted by Crippen LogP contribution is 2.34. The normalized spacial score (nSPS) is 21.8. The van der Waals surface area contributed by atoms with E-state index in [-0.39, 0.29) is 30.3 Å². The summed E-state index contributed by atoms with van der Waals surface area (Å²) in [6, 6.07) is 5.13. The van der Waals surface area contributed by atoms with Crippen molar-refractivity contribution in [1.82, 2.24) is 15.6 Å². The lowest BCUT2D eigenvalue weighted by atomic mass is 9.86. The number of benzene rings is 1. The van der Waals surface area contributed by atoms with Gasteiger partial charge in [-0.2, -0.15) is 0 Å². The van der Waals surface area contributed by atoms with E-state index in [2.05, 4.69) is 15.6 Å². The smallest absolute Gasteiger partial charge is 0.315 e. The fourth-order valence-electron chi connectivity index (χ4n) is 3.06. The molecule has 25 heavy (non-hydrogen) atoms. The first-order chi connectivity index (χ1) is 12.0. The molecule has 2 N–H and O–H groups in total. The molecule has 7 nitrogen and oxygen atoms in total. The maximum absolute atomic E-state index is 11.7. The van der Waals surface area contributed by atoms with E-state index in [4.69, 9.17) is 16.0 Å². The second-order valence-corrected chi connectivity index (χ2v) is 7.57. The Morgan fingerprint density at radius 1 is 1.36 bits per heavy atom. The number of fused-ring (bicyclic) bond motifs is 1. The average molecular weight is 385 g/mol. The van der Waals surface area contributed by atoms with E-state index in [1.54, 1.807) is 12.1 Å². The molecule has 0 bridgehead atoms. The van der Waals surface area contributed by atoms with Gasteiger partial charge in [0.05, 0.1) is 0 Å². The van der Waals surface area contributed by atoms with Gasteiger partial charge in [0.15, 0.2) is 11.5 Å². The third-order valence-corrected chi connectivity index (χ3v) is 5.10. The van der Waals surface area contributed by atoms with Crippen LogP contribution in [0.5, 0.6) is 0 Å². The predicted molar refractivity (Wildman–Crippen MR) is 94.3 cm³/mol. The lowest BCUT2D eigenvalue weighted by molar-refractivity contribution is 0.230. The Bertz CT molecular complexity index is 774. The molecular formula is C16H19ClN3O4S-. The van der Waals surface area contributed by atoms with E-state index in [1.165, 1.54) is 0 Å². The third kappa shape index (κ3) is 4.93. The molecule has 1 aliphatic carbocycles. The van der Waals surface area contributed by atoms with Gasteiger partial charge >= 0.3 is 6.03 Å². The lowest BCUT2D eigenvalue weighted by Gasteiger charge is -2.27. The monoisotopic (exact) mass is 384 g/mol. The Labute approximate surface area is 152 Å². The van der Waals surface area contributed by atoms with Crippen LogP contribution in [0.2, 0.25) is 5.02 Å². The summed E-state index contributed by atoms with van der Waals surface area (Å²) in [4.78, 5) is 16.3. The molecule has 1 aliphatic rings. The molecule has 1 heterocycles. The Morgan fingerprint density at radius 3 is 2.84 bits per heavy atom. The number of hydrogen-bond acceptors (Lipinski definition) is 5. The van der Waals surface area contributed by atoms with Crippen molar-refractivity contribution in [2.24, 2.45) is 0 Å². The quantitative estimate of drug-likeness (QED) is 0.770. The summed E-state index contributed by atoms with van der Waals surface area (Å²) < 4.78 is 26.7. The predicted octanol–water partition coefficient (Wildman–Crippen LogP) is 2.69. The summed E-state index contributed by atoms with van der Waals surface area (Å²) in [6.07, 6.45) is 3.39. The number of halogens is 1. The Balaban J connectivity index is 1.49. The van der Waals surface area contributed by atoms with Crippen LogP contribution < -0.4 is 10.6 Å². The highest BCUT2D eigenvalue weighted by atomic mass is 35.5. The van der Waals surface area contributed by atoms with E-state index in [1.807, 2.05) is 6.07 Å². The average Bonchev–Trinajstić information content (AvgIpc) is 2.98. The summed E-state index contributed by atoms with van der Waals surface area (Å²) in [6.45, 7) is 0.114. The number of amides is 2. The molecule has 1 aromatic heterocycles. The minimum absolute atomic E-state index is 0.0767. The molecule has 1 unspecified atom stereocenters. The number of aromatic nitrogens is 1. The Hall–Kier alpha value is -1.64. The number of rotatable bonds is 5. The molecule has 136 valence electrons. The van der Waals surface area contributed by atoms with Gasteiger partial charge in [-0.15, -0.1) is 0 Å². The molecular weight excluding hydrogens is 366 g/mol. The van der Waals surface area contributed by atoms with Crippen molar-refractivity contribution in [3.05, 3.63) is 29.1 Å². The molecule has 3 rings (SSSR count). The van der Waals surface area contributed by atoms with Crippen LogP contribution in [-0.4, -0.2) is 38.1 Å². The van der Waals surface area contributed by atoms with Crippen LogP contribution in [0.25, 0.3) is 11.1 Å². The van der Waals surface area contributed by atoms with Gasteiger partial charge in [-0.25, -0.2) is 9.78 Å². The van der Waals surface area contributed by atoms with Gasteiger partial charge in [0.1, 0.15) is 5.52 Å². The van der Waals surface area contributed by atoms with Gasteiger partial charge in [-0.05, 0) is 43.9 Å². The third-order valence-electron chi connectivity index (χ3n) is 4.33. The molecule has 0 spiro atoms. The van der Waals surface area contributed by atoms with Crippen LogP contribution in [0.4, 0.5) is 4.79 Å². The zero-order chi connectivity index (χ0) is 17.8. The number of oxazole rings is 1. The zero-order valence-corrected chi connectivity index (χ0v) is 15.1. The topological polar surface area (TPSA) is 107 Å². The zero-order valence-electron chi connectivity index (χ0n) is 13.5. The van der Waals surface area contributed by atoms with E-state index >= 15 is 0 Å². The first-order valence-corrected chi connectivity index (χ1v) is 9.79. The largest absolute Gasteiger partial charge is 0.772 e. The first kappa shape index (κ1) is 18.2. The minimum Gasteiger partial charge on any atom is -0.772 e. The van der Waals surface area contributed by atoms with Gasteiger partial charge in [0, 0.05) is 29.3 Å². The van der Waals surface area contributed by atoms with Crippen molar-refractivity contribution in [2.75, 3.05) is 12.3 Å². The number of carbonyl (C=O) groups is 1. The van der Waals surface area contributed by atoms with Gasteiger partial charge in [0.2, 0.25) is 0 Å². The van der Waals surface area contributed by atoms with E-state index in [0.717, 1.165) is 42.7 Å². The van der Waals surface area contributed by atoms with Crippen LogP contribution in [0.1, 0.15) is 37.5 Å². The maximum Gasteiger partial charge on any atom is 0.315 e. The van der Waals surface area contributed by atoms with Gasteiger partial charge < -0.3 is 19.6 Å². The molecule has 1 saturated carbocycles. The van der Waals surface area contributed by atoms with E-state index in [9.17, 15) is 13.6 Å². The fraction of sp³-hybridized carbons (Fsp3) is 0.500. The molecule has 1 fully saturated rings. The molecule has 0 radical (unpaired) electrons. The van der Waals surface area contributed by atoms with Crippen molar-refractivity contribution in [2.45, 2.75) is 37.6 Å². The number of nitrogens with zero attached hydrogens (tertiary/aromatic N) is 1. The summed E-state index contributed by atoms with van der Waals surface area (Å²) >= 11 is 3.83. The highest BCUT2D eigenvalue weighted by Gasteiger charge is 2.26. The molecule has 1 aromatic carbocycles. The van der Waals surface area contributed by atoms with E-state index in [0.29, 0.717) is 5.02 Å². The van der Waals surface area contributed by atoms with Crippen LogP contribution in [0, 0.1) is 0 Å². The Morgan fingerprint density at radius 2 is 2.12 bits per heavy atom. The lowest BCUT2D eigenvalue weighted by Crippen LogP contribution is -2.44. The standard InChI is InChI=1S/C16H20ClN3O4S/c17-11-3-6-14-13(9-11)20-15(24-14)10-1-4-12(5-2-10)19-16(21)18-7-8-25(22)23/h3,6,9-10,12H,1-2,4-5,7-8H2,(H,22,23)(H2,18,19,21)/p-1. The second-order valence-electron chi connectivity index (χ2n) is 6.12. The SMILES string of the molecule is O=C(NCCS(=O)[O-])NC1CCC(c2nc3cc(Cl)ccc3o2)CC1. The van der Waals surface area contributed by atoms with Crippen molar-refractivity contribution in [3.63, 3.8) is 0 Å². The summed E-state index contributed by atoms with van der Waals surface area (Å²) in [5.41, 5.74) is 1.49. The van der Waals surface area contributed by atoms with Crippen molar-refractivity contribution < 1.29 is 18.0 Å². The second kappa shape index (κ2) is 8.16. The van der Waals surface area contributed by atoms with Crippen molar-refractivity contribution in [1.29, 1.82) is 0 Å². The van der Waals surface area contributed by atoms with Crippen molar-refractivity contribution in [3.8, 4) is 0 Å². The summed E-state index contributed by atoms with van der Waals surface area (Å²) in [5, 5.41) is 6.05. The summed E-state index contributed by atoms with van der Waals surface area (Å²) in [5.74, 6) is 0.871. The molecule has 2 amide bonds.